The van der Waals surface area contributed by atoms with E-state index in [4.69, 9.17) is 9.73 Å². The van der Waals surface area contributed by atoms with E-state index in [9.17, 15) is 0 Å². The van der Waals surface area contributed by atoms with Gasteiger partial charge in [-0.1, -0.05) is 12.1 Å². The number of nitrogens with zero attached hydrogens (tertiary/aromatic N) is 3. The second-order valence-corrected chi connectivity index (χ2v) is 7.34. The van der Waals surface area contributed by atoms with Crippen molar-refractivity contribution < 1.29 is 4.74 Å². The highest BCUT2D eigenvalue weighted by Gasteiger charge is 2.23. The molecule has 0 aliphatic carbocycles. The van der Waals surface area contributed by atoms with Gasteiger partial charge in [-0.3, -0.25) is 9.89 Å². The van der Waals surface area contributed by atoms with E-state index < -0.39 is 0 Å². The van der Waals surface area contributed by atoms with Crippen LogP contribution in [0.15, 0.2) is 29.3 Å². The number of nitrogens with one attached hydrogen (secondary N) is 2. The molecule has 1 atom stereocenters. The molecule has 1 fully saturated rings. The molecule has 1 aliphatic rings. The molecule has 1 aromatic carbocycles. The lowest BCUT2D eigenvalue weighted by Crippen LogP contribution is -2.39. The molecular formula is C21H38IN5O. The van der Waals surface area contributed by atoms with Gasteiger partial charge >= 0.3 is 0 Å². The zero-order valence-electron chi connectivity index (χ0n) is 17.9. The average Bonchev–Trinajstić information content (AvgIpc) is 3.19. The zero-order valence-corrected chi connectivity index (χ0v) is 20.2. The maximum atomic E-state index is 5.43. The van der Waals surface area contributed by atoms with E-state index >= 15 is 0 Å². The summed E-state index contributed by atoms with van der Waals surface area (Å²) in [7, 11) is 5.94. The highest BCUT2D eigenvalue weighted by Crippen LogP contribution is 2.27. The molecule has 6 nitrogen and oxygen atoms in total. The number of rotatable bonds is 10. The van der Waals surface area contributed by atoms with Gasteiger partial charge in [0.25, 0.3) is 0 Å². The van der Waals surface area contributed by atoms with E-state index in [1.165, 1.54) is 18.4 Å². The van der Waals surface area contributed by atoms with Gasteiger partial charge in [-0.05, 0) is 77.6 Å². The van der Waals surface area contributed by atoms with Gasteiger partial charge in [-0.2, -0.15) is 0 Å². The van der Waals surface area contributed by atoms with Gasteiger partial charge in [0.1, 0.15) is 5.75 Å². The normalized spacial score (nSPS) is 16.0. The van der Waals surface area contributed by atoms with Gasteiger partial charge in [0.15, 0.2) is 5.96 Å². The Kier molecular flexibility index (Phi) is 12.5. The summed E-state index contributed by atoms with van der Waals surface area (Å²) in [6.45, 7) is 8.01. The Bertz CT molecular complexity index is 576. The van der Waals surface area contributed by atoms with E-state index in [0.29, 0.717) is 6.04 Å². The van der Waals surface area contributed by atoms with Gasteiger partial charge in [0.2, 0.25) is 0 Å². The van der Waals surface area contributed by atoms with E-state index in [2.05, 4.69) is 59.7 Å². The summed E-state index contributed by atoms with van der Waals surface area (Å²) < 4.78 is 5.43. The van der Waals surface area contributed by atoms with Crippen LogP contribution in [0, 0.1) is 0 Å². The van der Waals surface area contributed by atoms with Crippen LogP contribution in [0.3, 0.4) is 0 Å². The Hall–Kier alpha value is -1.06. The van der Waals surface area contributed by atoms with Crippen LogP contribution < -0.4 is 15.4 Å². The van der Waals surface area contributed by atoms with Crippen LogP contribution in [-0.2, 0) is 0 Å². The van der Waals surface area contributed by atoms with Crippen molar-refractivity contribution in [1.29, 1.82) is 0 Å². The fraction of sp³-hybridized carbons (Fsp3) is 0.667. The number of hydrogen-bond donors (Lipinski definition) is 2. The number of aliphatic imine (C=N–C) groups is 1. The minimum absolute atomic E-state index is 0. The summed E-state index contributed by atoms with van der Waals surface area (Å²) in [5.74, 6) is 1.82. The summed E-state index contributed by atoms with van der Waals surface area (Å²) in [6.07, 6.45) is 3.64. The minimum atomic E-state index is 0. The molecule has 28 heavy (non-hydrogen) atoms. The number of benzene rings is 1. The number of guanidine groups is 1. The van der Waals surface area contributed by atoms with E-state index in [1.807, 2.05) is 6.07 Å². The molecule has 1 unspecified atom stereocenters. The highest BCUT2D eigenvalue weighted by atomic mass is 127. The third-order valence-corrected chi connectivity index (χ3v) is 4.90. The molecule has 0 bridgehead atoms. The monoisotopic (exact) mass is 503 g/mol. The quantitative estimate of drug-likeness (QED) is 0.223. The van der Waals surface area contributed by atoms with Crippen molar-refractivity contribution in [1.82, 2.24) is 20.4 Å². The average molecular weight is 503 g/mol. The standard InChI is InChI=1S/C21H37N5O.HI/c1-5-22-21(23-12-9-13-25(2)3)24-17-20(26-14-6-7-15-26)18-10-8-11-19(16-18)27-4;/h8,10-11,16,20H,5-7,9,12-15,17H2,1-4H3,(H2,22,23,24);1H. The van der Waals surface area contributed by atoms with E-state index in [1.54, 1.807) is 7.11 Å². The van der Waals surface area contributed by atoms with Crippen molar-refractivity contribution in [2.45, 2.75) is 32.2 Å². The molecule has 0 spiro atoms. The molecule has 1 aliphatic heterocycles. The second kappa shape index (κ2) is 14.0. The first-order valence-electron chi connectivity index (χ1n) is 10.2. The topological polar surface area (TPSA) is 52.1 Å². The number of hydrogen-bond acceptors (Lipinski definition) is 4. The summed E-state index contributed by atoms with van der Waals surface area (Å²) in [5.41, 5.74) is 1.28. The van der Waals surface area contributed by atoms with E-state index in [-0.39, 0.29) is 24.0 Å². The maximum absolute atomic E-state index is 5.43. The SMILES string of the molecule is CCNC(=NCC(c1cccc(OC)c1)N1CCCC1)NCCCN(C)C.I. The predicted molar refractivity (Wildman–Crippen MR) is 129 cm³/mol. The third-order valence-electron chi connectivity index (χ3n) is 4.90. The van der Waals surface area contributed by atoms with Crippen LogP contribution in [0.2, 0.25) is 0 Å². The molecule has 0 saturated carbocycles. The molecule has 0 aromatic heterocycles. The van der Waals surface area contributed by atoms with Gasteiger partial charge in [-0.25, -0.2) is 0 Å². The van der Waals surface area contributed by atoms with Crippen molar-refractivity contribution in [3.8, 4) is 5.75 Å². The Morgan fingerprint density at radius 1 is 1.25 bits per heavy atom. The molecule has 7 heteroatoms. The summed E-state index contributed by atoms with van der Waals surface area (Å²) in [6, 6.07) is 8.71. The van der Waals surface area contributed by atoms with Crippen molar-refractivity contribution >= 4 is 29.9 Å². The Morgan fingerprint density at radius 3 is 2.64 bits per heavy atom. The van der Waals surface area contributed by atoms with E-state index in [0.717, 1.165) is 57.4 Å². The Morgan fingerprint density at radius 2 is 2.00 bits per heavy atom. The molecule has 1 heterocycles. The highest BCUT2D eigenvalue weighted by molar-refractivity contribution is 14.0. The Labute approximate surface area is 188 Å². The molecule has 0 radical (unpaired) electrons. The first-order valence-corrected chi connectivity index (χ1v) is 10.2. The smallest absolute Gasteiger partial charge is 0.191 e. The van der Waals surface area contributed by atoms with Crippen molar-refractivity contribution in [3.05, 3.63) is 29.8 Å². The number of ether oxygens (including phenoxy) is 1. The fourth-order valence-corrected chi connectivity index (χ4v) is 3.46. The minimum Gasteiger partial charge on any atom is -0.497 e. The molecule has 1 aromatic rings. The zero-order chi connectivity index (χ0) is 19.5. The largest absolute Gasteiger partial charge is 0.497 e. The lowest BCUT2D eigenvalue weighted by Gasteiger charge is -2.27. The molecule has 0 amide bonds. The van der Waals surface area contributed by atoms with Gasteiger partial charge in [0.05, 0.1) is 19.7 Å². The van der Waals surface area contributed by atoms with Crippen molar-refractivity contribution in [3.63, 3.8) is 0 Å². The fourth-order valence-electron chi connectivity index (χ4n) is 3.46. The summed E-state index contributed by atoms with van der Waals surface area (Å²) in [5, 5.41) is 6.84. The van der Waals surface area contributed by atoms with Crippen LogP contribution >= 0.6 is 24.0 Å². The molecular weight excluding hydrogens is 465 g/mol. The number of likely N-dealkylation sites (tertiary alicyclic amines) is 1. The van der Waals surface area contributed by atoms with Gasteiger partial charge < -0.3 is 20.3 Å². The second-order valence-electron chi connectivity index (χ2n) is 7.34. The van der Waals surface area contributed by atoms with Gasteiger partial charge in [0, 0.05) is 13.1 Å². The molecule has 1 saturated heterocycles. The first-order chi connectivity index (χ1) is 13.1. The predicted octanol–water partition coefficient (Wildman–Crippen LogP) is 2.96. The Balaban J connectivity index is 0.00000392. The van der Waals surface area contributed by atoms with Crippen LogP contribution in [0.5, 0.6) is 5.75 Å². The van der Waals surface area contributed by atoms with Crippen molar-refractivity contribution in [2.75, 3.05) is 60.5 Å². The third kappa shape index (κ3) is 8.53. The maximum Gasteiger partial charge on any atom is 0.191 e. The van der Waals surface area contributed by atoms with Gasteiger partial charge in [-0.15, -0.1) is 24.0 Å². The first kappa shape index (κ1) is 25.0. The van der Waals surface area contributed by atoms with Crippen LogP contribution in [-0.4, -0.2) is 76.2 Å². The van der Waals surface area contributed by atoms with Crippen LogP contribution in [0.1, 0.15) is 37.8 Å². The lowest BCUT2D eigenvalue weighted by molar-refractivity contribution is 0.251. The summed E-state index contributed by atoms with van der Waals surface area (Å²) >= 11 is 0. The summed E-state index contributed by atoms with van der Waals surface area (Å²) in [4.78, 5) is 9.66. The number of halogens is 1. The van der Waals surface area contributed by atoms with Crippen LogP contribution in [0.4, 0.5) is 0 Å². The van der Waals surface area contributed by atoms with Crippen molar-refractivity contribution in [2.24, 2.45) is 4.99 Å². The van der Waals surface area contributed by atoms with Crippen LogP contribution in [0.25, 0.3) is 0 Å². The molecule has 2 rings (SSSR count). The molecule has 160 valence electrons. The number of methoxy groups -OCH3 is 1. The lowest BCUT2D eigenvalue weighted by atomic mass is 10.1. The molecule has 2 N–H and O–H groups in total.